The Morgan fingerprint density at radius 3 is 2.75 bits per heavy atom. The summed E-state index contributed by atoms with van der Waals surface area (Å²) in [6.07, 6.45) is 5.20. The Balaban J connectivity index is 1.46. The molecule has 20 heavy (non-hydrogen) atoms. The number of rotatable bonds is 3. The second-order valence-electron chi connectivity index (χ2n) is 4.81. The maximum Gasteiger partial charge on any atom is 0.317 e. The van der Waals surface area contributed by atoms with Gasteiger partial charge in [0.15, 0.2) is 0 Å². The monoisotopic (exact) mass is 291 g/mol. The summed E-state index contributed by atoms with van der Waals surface area (Å²) < 4.78 is 0. The number of aromatic nitrogens is 3. The van der Waals surface area contributed by atoms with Gasteiger partial charge in [0.1, 0.15) is 0 Å². The van der Waals surface area contributed by atoms with Crippen molar-refractivity contribution in [1.82, 2.24) is 25.2 Å². The standard InChI is InChI=1S/C13H17N5OS/c19-13(14-10-12-2-1-9-20-12)17-7-3-11(4-8-17)18-15-5-6-16-18/h1-2,5-6,9,11H,3-4,7-8,10H2,(H,14,19). The summed E-state index contributed by atoms with van der Waals surface area (Å²) in [7, 11) is 0. The summed E-state index contributed by atoms with van der Waals surface area (Å²) in [6, 6.07) is 4.35. The molecule has 0 bridgehead atoms. The molecule has 2 aromatic rings. The van der Waals surface area contributed by atoms with Crippen LogP contribution in [0.15, 0.2) is 29.9 Å². The Hall–Kier alpha value is -1.89. The van der Waals surface area contributed by atoms with Crippen molar-refractivity contribution >= 4 is 17.4 Å². The fraction of sp³-hybridized carbons (Fsp3) is 0.462. The number of likely N-dealkylation sites (tertiary alicyclic amines) is 1. The van der Waals surface area contributed by atoms with Gasteiger partial charge in [-0.15, -0.1) is 11.3 Å². The van der Waals surface area contributed by atoms with Crippen molar-refractivity contribution in [3.63, 3.8) is 0 Å². The molecule has 1 saturated heterocycles. The number of thiophene rings is 1. The number of piperidine rings is 1. The zero-order chi connectivity index (χ0) is 13.8. The quantitative estimate of drug-likeness (QED) is 0.939. The second kappa shape index (κ2) is 6.04. The lowest BCUT2D eigenvalue weighted by Gasteiger charge is -2.31. The molecule has 6 nitrogen and oxygen atoms in total. The molecule has 0 saturated carbocycles. The van der Waals surface area contributed by atoms with Crippen molar-refractivity contribution < 1.29 is 4.79 Å². The number of hydrogen-bond acceptors (Lipinski definition) is 4. The zero-order valence-corrected chi connectivity index (χ0v) is 11.9. The van der Waals surface area contributed by atoms with E-state index in [1.54, 1.807) is 28.5 Å². The van der Waals surface area contributed by atoms with Crippen LogP contribution in [0.5, 0.6) is 0 Å². The SMILES string of the molecule is O=C(NCc1cccs1)N1CCC(n2nccn2)CC1. The molecular formula is C13H17N5OS. The fourth-order valence-electron chi connectivity index (χ4n) is 2.40. The van der Waals surface area contributed by atoms with Crippen LogP contribution >= 0.6 is 11.3 Å². The fourth-order valence-corrected chi connectivity index (χ4v) is 3.05. The minimum Gasteiger partial charge on any atom is -0.333 e. The molecule has 0 aliphatic carbocycles. The molecule has 3 heterocycles. The molecule has 106 valence electrons. The van der Waals surface area contributed by atoms with E-state index in [1.165, 1.54) is 4.88 Å². The van der Waals surface area contributed by atoms with Crippen LogP contribution in [-0.4, -0.2) is 39.0 Å². The topological polar surface area (TPSA) is 63.1 Å². The molecule has 0 aromatic carbocycles. The van der Waals surface area contributed by atoms with Gasteiger partial charge in [-0.25, -0.2) is 4.79 Å². The molecule has 0 radical (unpaired) electrons. The van der Waals surface area contributed by atoms with E-state index in [0.29, 0.717) is 12.6 Å². The molecule has 2 amide bonds. The summed E-state index contributed by atoms with van der Waals surface area (Å²) in [6.45, 7) is 2.11. The van der Waals surface area contributed by atoms with E-state index >= 15 is 0 Å². The number of amides is 2. The highest BCUT2D eigenvalue weighted by molar-refractivity contribution is 7.09. The Morgan fingerprint density at radius 1 is 1.35 bits per heavy atom. The summed E-state index contributed by atoms with van der Waals surface area (Å²) in [4.78, 5) is 16.9. The van der Waals surface area contributed by atoms with Crippen molar-refractivity contribution in [2.45, 2.75) is 25.4 Å². The summed E-state index contributed by atoms with van der Waals surface area (Å²) in [5.74, 6) is 0. The lowest BCUT2D eigenvalue weighted by molar-refractivity contribution is 0.164. The van der Waals surface area contributed by atoms with Gasteiger partial charge in [-0.05, 0) is 24.3 Å². The number of hydrogen-bond donors (Lipinski definition) is 1. The normalized spacial score (nSPS) is 16.3. The van der Waals surface area contributed by atoms with Gasteiger partial charge in [0.2, 0.25) is 0 Å². The number of urea groups is 1. The Morgan fingerprint density at radius 2 is 2.10 bits per heavy atom. The van der Waals surface area contributed by atoms with Crippen LogP contribution in [0.3, 0.4) is 0 Å². The molecule has 2 aromatic heterocycles. The molecule has 0 atom stereocenters. The van der Waals surface area contributed by atoms with Gasteiger partial charge < -0.3 is 10.2 Å². The van der Waals surface area contributed by atoms with E-state index < -0.39 is 0 Å². The van der Waals surface area contributed by atoms with Crippen LogP contribution in [0, 0.1) is 0 Å². The molecule has 0 spiro atoms. The van der Waals surface area contributed by atoms with Gasteiger partial charge in [0.25, 0.3) is 0 Å². The van der Waals surface area contributed by atoms with Gasteiger partial charge in [-0.1, -0.05) is 6.07 Å². The molecule has 3 rings (SSSR count). The minimum absolute atomic E-state index is 0.0188. The van der Waals surface area contributed by atoms with Crippen LogP contribution in [0.25, 0.3) is 0 Å². The van der Waals surface area contributed by atoms with E-state index in [9.17, 15) is 4.79 Å². The van der Waals surface area contributed by atoms with E-state index in [0.717, 1.165) is 25.9 Å². The lowest BCUT2D eigenvalue weighted by Crippen LogP contribution is -2.44. The molecule has 0 unspecified atom stereocenters. The Bertz CT molecular complexity index is 531. The third-order valence-electron chi connectivity index (χ3n) is 3.51. The zero-order valence-electron chi connectivity index (χ0n) is 11.1. The van der Waals surface area contributed by atoms with Gasteiger partial charge >= 0.3 is 6.03 Å². The number of carbonyl (C=O) groups excluding carboxylic acids is 1. The highest BCUT2D eigenvalue weighted by atomic mass is 32.1. The average molecular weight is 291 g/mol. The van der Waals surface area contributed by atoms with E-state index in [2.05, 4.69) is 15.5 Å². The van der Waals surface area contributed by atoms with Crippen molar-refractivity contribution in [3.05, 3.63) is 34.8 Å². The first-order chi connectivity index (χ1) is 9.83. The van der Waals surface area contributed by atoms with Crippen molar-refractivity contribution in [2.24, 2.45) is 0 Å². The molecule has 7 heteroatoms. The third-order valence-corrected chi connectivity index (χ3v) is 4.39. The van der Waals surface area contributed by atoms with Crippen molar-refractivity contribution in [1.29, 1.82) is 0 Å². The van der Waals surface area contributed by atoms with Crippen LogP contribution in [0.1, 0.15) is 23.8 Å². The van der Waals surface area contributed by atoms with Crippen molar-refractivity contribution in [3.8, 4) is 0 Å². The van der Waals surface area contributed by atoms with Crippen LogP contribution < -0.4 is 5.32 Å². The smallest absolute Gasteiger partial charge is 0.317 e. The third kappa shape index (κ3) is 2.98. The van der Waals surface area contributed by atoms with Gasteiger partial charge in [0, 0.05) is 18.0 Å². The molecule has 1 aliphatic rings. The van der Waals surface area contributed by atoms with Crippen LogP contribution in [-0.2, 0) is 6.54 Å². The second-order valence-corrected chi connectivity index (χ2v) is 5.84. The maximum absolute atomic E-state index is 12.1. The summed E-state index contributed by atoms with van der Waals surface area (Å²) >= 11 is 1.66. The molecule has 1 aliphatic heterocycles. The van der Waals surface area contributed by atoms with E-state index in [1.807, 2.05) is 22.4 Å². The predicted octanol–water partition coefficient (Wildman–Crippen LogP) is 1.89. The summed E-state index contributed by atoms with van der Waals surface area (Å²) in [5.41, 5.74) is 0. The van der Waals surface area contributed by atoms with Gasteiger partial charge in [-0.3, -0.25) is 0 Å². The Labute approximate surface area is 121 Å². The first kappa shape index (κ1) is 13.1. The summed E-state index contributed by atoms with van der Waals surface area (Å²) in [5, 5.41) is 13.3. The average Bonchev–Trinajstić information content (AvgIpc) is 3.18. The Kier molecular flexibility index (Phi) is 3.96. The largest absolute Gasteiger partial charge is 0.333 e. The van der Waals surface area contributed by atoms with Gasteiger partial charge in [-0.2, -0.15) is 15.0 Å². The molecule has 1 N–H and O–H groups in total. The van der Waals surface area contributed by atoms with Crippen molar-refractivity contribution in [2.75, 3.05) is 13.1 Å². The molecular weight excluding hydrogens is 274 g/mol. The van der Waals surface area contributed by atoms with Gasteiger partial charge in [0.05, 0.1) is 25.0 Å². The minimum atomic E-state index is 0.0188. The number of nitrogens with one attached hydrogen (secondary N) is 1. The first-order valence-electron chi connectivity index (χ1n) is 6.74. The number of carbonyl (C=O) groups is 1. The maximum atomic E-state index is 12.1. The van der Waals surface area contributed by atoms with E-state index in [-0.39, 0.29) is 6.03 Å². The van der Waals surface area contributed by atoms with Crippen LogP contribution in [0.4, 0.5) is 4.79 Å². The molecule has 1 fully saturated rings. The highest BCUT2D eigenvalue weighted by Gasteiger charge is 2.24. The predicted molar refractivity (Wildman–Crippen MR) is 76.4 cm³/mol. The lowest BCUT2D eigenvalue weighted by atomic mass is 10.1. The highest BCUT2D eigenvalue weighted by Crippen LogP contribution is 2.20. The first-order valence-corrected chi connectivity index (χ1v) is 7.62. The van der Waals surface area contributed by atoms with E-state index in [4.69, 9.17) is 0 Å². The number of nitrogens with zero attached hydrogens (tertiary/aromatic N) is 4. The van der Waals surface area contributed by atoms with Crippen LogP contribution in [0.2, 0.25) is 0 Å².